The van der Waals surface area contributed by atoms with Gasteiger partial charge in [-0.3, -0.25) is 0 Å². The molecule has 0 aromatic heterocycles. The highest BCUT2D eigenvalue weighted by Crippen LogP contribution is 2.18. The van der Waals surface area contributed by atoms with Gasteiger partial charge in [-0.1, -0.05) is 25.4 Å². The molecular formula is C11H15ClFNO3S. The molecule has 0 aliphatic rings. The summed E-state index contributed by atoms with van der Waals surface area (Å²) >= 11 is 5.54. The minimum Gasteiger partial charge on any atom is -0.391 e. The number of hydrogen-bond acceptors (Lipinski definition) is 3. The van der Waals surface area contributed by atoms with E-state index in [0.717, 1.165) is 12.1 Å². The maximum absolute atomic E-state index is 13.5. The summed E-state index contributed by atoms with van der Waals surface area (Å²) in [5.74, 6) is -1.02. The van der Waals surface area contributed by atoms with Gasteiger partial charge in [0.1, 0.15) is 10.7 Å². The third kappa shape index (κ3) is 3.91. The van der Waals surface area contributed by atoms with Crippen LogP contribution in [0.15, 0.2) is 23.1 Å². The van der Waals surface area contributed by atoms with Crippen LogP contribution in [0.25, 0.3) is 0 Å². The number of hydrogen-bond donors (Lipinski definition) is 2. The van der Waals surface area contributed by atoms with Gasteiger partial charge in [-0.25, -0.2) is 17.5 Å². The molecule has 0 spiro atoms. The molecule has 0 aliphatic heterocycles. The number of aliphatic hydroxyl groups excluding tert-OH is 1. The Kier molecular flexibility index (Phi) is 5.10. The van der Waals surface area contributed by atoms with E-state index in [9.17, 15) is 17.9 Å². The van der Waals surface area contributed by atoms with Gasteiger partial charge >= 0.3 is 0 Å². The number of sulfonamides is 1. The lowest BCUT2D eigenvalue weighted by molar-refractivity contribution is 0.129. The Labute approximate surface area is 111 Å². The second-order valence-electron chi connectivity index (χ2n) is 4.24. The molecule has 1 aromatic carbocycles. The van der Waals surface area contributed by atoms with Crippen molar-refractivity contribution in [3.05, 3.63) is 29.0 Å². The number of halogens is 2. The second kappa shape index (κ2) is 5.97. The Morgan fingerprint density at radius 1 is 1.44 bits per heavy atom. The summed E-state index contributed by atoms with van der Waals surface area (Å²) in [6, 6.07) is 3.30. The molecular weight excluding hydrogens is 281 g/mol. The molecule has 1 aromatic rings. The first-order valence-corrected chi connectivity index (χ1v) is 7.23. The molecule has 0 radical (unpaired) electrons. The molecule has 1 rings (SSSR count). The van der Waals surface area contributed by atoms with E-state index >= 15 is 0 Å². The van der Waals surface area contributed by atoms with Crippen LogP contribution in [-0.2, 0) is 10.0 Å². The fraction of sp³-hybridized carbons (Fsp3) is 0.455. The molecule has 4 nitrogen and oxygen atoms in total. The van der Waals surface area contributed by atoms with Gasteiger partial charge in [-0.05, 0) is 24.1 Å². The quantitative estimate of drug-likeness (QED) is 0.870. The van der Waals surface area contributed by atoms with Crippen LogP contribution >= 0.6 is 11.6 Å². The van der Waals surface area contributed by atoms with E-state index < -0.39 is 26.8 Å². The van der Waals surface area contributed by atoms with Crippen LogP contribution in [0.1, 0.15) is 13.8 Å². The van der Waals surface area contributed by atoms with E-state index in [1.165, 1.54) is 6.07 Å². The Morgan fingerprint density at radius 2 is 2.06 bits per heavy atom. The minimum atomic E-state index is -3.98. The summed E-state index contributed by atoms with van der Waals surface area (Å²) < 4.78 is 39.2. The fourth-order valence-electron chi connectivity index (χ4n) is 1.20. The van der Waals surface area contributed by atoms with Crippen molar-refractivity contribution in [2.45, 2.75) is 24.8 Å². The molecule has 0 aliphatic carbocycles. The Balaban J connectivity index is 2.87. The predicted octanol–water partition coefficient (Wildman–Crippen LogP) is 1.77. The van der Waals surface area contributed by atoms with Gasteiger partial charge in [-0.2, -0.15) is 0 Å². The maximum Gasteiger partial charge on any atom is 0.243 e. The van der Waals surface area contributed by atoms with Crippen LogP contribution in [0.3, 0.4) is 0 Å². The molecule has 1 atom stereocenters. The number of rotatable bonds is 5. The van der Waals surface area contributed by atoms with Crippen LogP contribution in [0, 0.1) is 11.7 Å². The van der Waals surface area contributed by atoms with Crippen molar-refractivity contribution in [1.29, 1.82) is 0 Å². The third-order valence-electron chi connectivity index (χ3n) is 2.44. The largest absolute Gasteiger partial charge is 0.391 e. The number of benzene rings is 1. The molecule has 102 valence electrons. The predicted molar refractivity (Wildman–Crippen MR) is 67.4 cm³/mol. The lowest BCUT2D eigenvalue weighted by Gasteiger charge is -2.15. The lowest BCUT2D eigenvalue weighted by Crippen LogP contribution is -2.35. The summed E-state index contributed by atoms with van der Waals surface area (Å²) in [6.45, 7) is 3.34. The van der Waals surface area contributed by atoms with Gasteiger partial charge in [-0.15, -0.1) is 0 Å². The zero-order valence-electron chi connectivity index (χ0n) is 10.0. The highest BCUT2D eigenvalue weighted by atomic mass is 35.5. The molecule has 1 unspecified atom stereocenters. The van der Waals surface area contributed by atoms with Gasteiger partial charge in [0, 0.05) is 11.6 Å². The molecule has 0 bridgehead atoms. The average molecular weight is 296 g/mol. The number of aliphatic hydroxyl groups is 1. The highest BCUT2D eigenvalue weighted by molar-refractivity contribution is 7.89. The minimum absolute atomic E-state index is 0.0947. The molecule has 0 heterocycles. The second-order valence-corrected chi connectivity index (χ2v) is 6.41. The Morgan fingerprint density at radius 3 is 2.56 bits per heavy atom. The van der Waals surface area contributed by atoms with E-state index in [2.05, 4.69) is 4.72 Å². The van der Waals surface area contributed by atoms with Crippen molar-refractivity contribution < 1.29 is 17.9 Å². The monoisotopic (exact) mass is 295 g/mol. The van der Waals surface area contributed by atoms with Gasteiger partial charge in [0.05, 0.1) is 6.10 Å². The number of nitrogens with one attached hydrogen (secondary N) is 1. The van der Waals surface area contributed by atoms with Crippen LogP contribution in [0.2, 0.25) is 5.02 Å². The van der Waals surface area contributed by atoms with Crippen molar-refractivity contribution >= 4 is 21.6 Å². The van der Waals surface area contributed by atoms with Crippen molar-refractivity contribution in [3.8, 4) is 0 Å². The van der Waals surface area contributed by atoms with Crippen LogP contribution in [0.5, 0.6) is 0 Å². The normalized spacial score (nSPS) is 13.9. The van der Waals surface area contributed by atoms with Crippen molar-refractivity contribution in [1.82, 2.24) is 4.72 Å². The standard InChI is InChI=1S/C11H15ClFNO3S/c1-7(2)10(15)6-14-18(16,17)11-4-3-8(12)5-9(11)13/h3-5,7,10,14-15H,6H2,1-2H3. The van der Waals surface area contributed by atoms with E-state index in [0.29, 0.717) is 0 Å². The molecule has 0 saturated heterocycles. The summed E-state index contributed by atoms with van der Waals surface area (Å²) in [5, 5.41) is 9.63. The maximum atomic E-state index is 13.5. The molecule has 0 fully saturated rings. The smallest absolute Gasteiger partial charge is 0.243 e. The van der Waals surface area contributed by atoms with Crippen molar-refractivity contribution in [2.75, 3.05) is 6.54 Å². The first-order valence-electron chi connectivity index (χ1n) is 5.37. The van der Waals surface area contributed by atoms with E-state index in [4.69, 9.17) is 11.6 Å². The third-order valence-corrected chi connectivity index (χ3v) is 4.13. The van der Waals surface area contributed by atoms with Gasteiger partial charge in [0.2, 0.25) is 10.0 Å². The van der Waals surface area contributed by atoms with Crippen LogP contribution in [-0.4, -0.2) is 26.2 Å². The van der Waals surface area contributed by atoms with E-state index in [1.54, 1.807) is 13.8 Å². The van der Waals surface area contributed by atoms with Crippen LogP contribution in [0.4, 0.5) is 4.39 Å². The highest BCUT2D eigenvalue weighted by Gasteiger charge is 2.21. The van der Waals surface area contributed by atoms with Crippen LogP contribution < -0.4 is 4.72 Å². The summed E-state index contributed by atoms with van der Waals surface area (Å²) in [5.41, 5.74) is 0. The summed E-state index contributed by atoms with van der Waals surface area (Å²) in [6.07, 6.45) is -0.824. The summed E-state index contributed by atoms with van der Waals surface area (Å²) in [4.78, 5) is -0.483. The topological polar surface area (TPSA) is 66.4 Å². The zero-order valence-corrected chi connectivity index (χ0v) is 11.6. The fourth-order valence-corrected chi connectivity index (χ4v) is 2.47. The zero-order chi connectivity index (χ0) is 13.9. The Bertz CT molecular complexity index is 519. The summed E-state index contributed by atoms with van der Waals surface area (Å²) in [7, 11) is -3.98. The molecule has 0 saturated carbocycles. The molecule has 18 heavy (non-hydrogen) atoms. The Hall–Kier alpha value is -0.690. The first-order chi connectivity index (χ1) is 8.24. The SMILES string of the molecule is CC(C)C(O)CNS(=O)(=O)c1ccc(Cl)cc1F. The lowest BCUT2D eigenvalue weighted by atomic mass is 10.1. The van der Waals surface area contributed by atoms with Crippen molar-refractivity contribution in [2.24, 2.45) is 5.92 Å². The van der Waals surface area contributed by atoms with E-state index in [-0.39, 0.29) is 17.5 Å². The van der Waals surface area contributed by atoms with Crippen molar-refractivity contribution in [3.63, 3.8) is 0 Å². The van der Waals surface area contributed by atoms with Gasteiger partial charge < -0.3 is 5.11 Å². The molecule has 0 amide bonds. The molecule has 2 N–H and O–H groups in total. The van der Waals surface area contributed by atoms with Gasteiger partial charge in [0.15, 0.2) is 0 Å². The molecule has 7 heteroatoms. The first kappa shape index (κ1) is 15.4. The van der Waals surface area contributed by atoms with E-state index in [1.807, 2.05) is 0 Å². The van der Waals surface area contributed by atoms with Gasteiger partial charge in [0.25, 0.3) is 0 Å². The average Bonchev–Trinajstić information content (AvgIpc) is 2.25.